The molecule has 3 aromatic rings. The first-order valence-electron chi connectivity index (χ1n) is 9.93. The van der Waals surface area contributed by atoms with Crippen molar-refractivity contribution in [2.45, 2.75) is 6.54 Å². The van der Waals surface area contributed by atoms with E-state index in [0.717, 1.165) is 35.2 Å². The molecule has 0 unspecified atom stereocenters. The molecule has 1 aromatic heterocycles. The Morgan fingerprint density at radius 3 is 2.43 bits per heavy atom. The molecule has 148 valence electrons. The molecule has 5 heteroatoms. The minimum Gasteiger partial charge on any atom is -0.368 e. The van der Waals surface area contributed by atoms with Crippen molar-refractivity contribution in [1.82, 2.24) is 9.47 Å². The second-order valence-corrected chi connectivity index (χ2v) is 7.22. The Kier molecular flexibility index (Phi) is 5.54. The monoisotopic (exact) mass is 394 g/mol. The van der Waals surface area contributed by atoms with E-state index >= 15 is 0 Å². The van der Waals surface area contributed by atoms with Gasteiger partial charge in [-0.05, 0) is 24.3 Å². The number of carbonyl (C=O) groups is 1. The van der Waals surface area contributed by atoms with Gasteiger partial charge in [0.05, 0.1) is 6.54 Å². The molecule has 2 aromatic carbocycles. The van der Waals surface area contributed by atoms with E-state index in [1.54, 1.807) is 11.0 Å². The topological polar surface area (TPSA) is 52.3 Å². The Labute approximate surface area is 176 Å². The maximum atomic E-state index is 13.0. The lowest BCUT2D eigenvalue weighted by atomic mass is 10.1. The number of benzene rings is 2. The Bertz CT molecular complexity index is 1170. The number of piperazine rings is 1. The number of nitrogens with zero attached hydrogens (tertiary/aromatic N) is 4. The molecule has 0 saturated carbocycles. The van der Waals surface area contributed by atoms with Crippen LogP contribution >= 0.6 is 0 Å². The van der Waals surface area contributed by atoms with Crippen LogP contribution in [0.5, 0.6) is 0 Å². The third-order valence-corrected chi connectivity index (χ3v) is 5.42. The summed E-state index contributed by atoms with van der Waals surface area (Å²) < 4.78 is 1.96. The number of anilines is 1. The van der Waals surface area contributed by atoms with Gasteiger partial charge in [-0.15, -0.1) is 6.42 Å². The molecule has 1 fully saturated rings. The minimum absolute atomic E-state index is 0.145. The van der Waals surface area contributed by atoms with E-state index in [4.69, 9.17) is 6.42 Å². The zero-order valence-electron chi connectivity index (χ0n) is 16.7. The Hall–Kier alpha value is -3.96. The summed E-state index contributed by atoms with van der Waals surface area (Å²) in [5, 5.41) is 10.7. The Morgan fingerprint density at radius 2 is 1.73 bits per heavy atom. The second-order valence-electron chi connectivity index (χ2n) is 7.22. The molecule has 0 spiro atoms. The van der Waals surface area contributed by atoms with Crippen LogP contribution in [-0.2, 0) is 11.3 Å². The highest BCUT2D eigenvalue weighted by Gasteiger charge is 2.24. The predicted octanol–water partition coefficient (Wildman–Crippen LogP) is 3.53. The molecule has 1 aliphatic heterocycles. The molecule has 0 aliphatic carbocycles. The number of para-hydroxylation sites is 2. The van der Waals surface area contributed by atoms with Crippen molar-refractivity contribution in [3.63, 3.8) is 0 Å². The van der Waals surface area contributed by atoms with E-state index in [1.165, 1.54) is 0 Å². The zero-order valence-corrected chi connectivity index (χ0v) is 16.7. The lowest BCUT2D eigenvalue weighted by molar-refractivity contribution is -0.126. The van der Waals surface area contributed by atoms with E-state index in [-0.39, 0.29) is 11.5 Å². The van der Waals surface area contributed by atoms with E-state index in [2.05, 4.69) is 29.0 Å². The van der Waals surface area contributed by atoms with Gasteiger partial charge in [0.1, 0.15) is 11.6 Å². The third kappa shape index (κ3) is 3.79. The van der Waals surface area contributed by atoms with Crippen molar-refractivity contribution < 1.29 is 4.79 Å². The molecule has 0 radical (unpaired) electrons. The summed E-state index contributed by atoms with van der Waals surface area (Å²) >= 11 is 0. The van der Waals surface area contributed by atoms with Crippen molar-refractivity contribution >= 4 is 28.6 Å². The van der Waals surface area contributed by atoms with Crippen LogP contribution in [-0.4, -0.2) is 41.6 Å². The highest BCUT2D eigenvalue weighted by atomic mass is 16.2. The summed E-state index contributed by atoms with van der Waals surface area (Å²) in [6.45, 7) is 3.11. The Morgan fingerprint density at radius 1 is 1.03 bits per heavy atom. The van der Waals surface area contributed by atoms with Crippen molar-refractivity contribution in [3.8, 4) is 18.4 Å². The van der Waals surface area contributed by atoms with Gasteiger partial charge in [0.25, 0.3) is 5.91 Å². The number of carbonyl (C=O) groups excluding carboxylic acids is 1. The van der Waals surface area contributed by atoms with Gasteiger partial charge in [-0.1, -0.05) is 42.3 Å². The largest absolute Gasteiger partial charge is 0.368 e. The quantitative estimate of drug-likeness (QED) is 0.386. The summed E-state index contributed by atoms with van der Waals surface area (Å²) in [7, 11) is 0. The number of amides is 1. The SMILES string of the molecule is C#CCn1cc(C=C(C#N)C(=O)N2CCN(c3ccccc3)CC2)c2ccccc21. The summed E-state index contributed by atoms with van der Waals surface area (Å²) in [6.07, 6.45) is 9.07. The first kappa shape index (κ1) is 19.4. The fourth-order valence-corrected chi connectivity index (χ4v) is 3.89. The van der Waals surface area contributed by atoms with E-state index < -0.39 is 0 Å². The van der Waals surface area contributed by atoms with E-state index in [1.807, 2.05) is 53.2 Å². The molecule has 1 amide bonds. The average Bonchev–Trinajstić information content (AvgIpc) is 3.15. The summed E-state index contributed by atoms with van der Waals surface area (Å²) in [4.78, 5) is 17.0. The summed E-state index contributed by atoms with van der Waals surface area (Å²) in [6, 6.07) is 20.1. The highest BCUT2D eigenvalue weighted by molar-refractivity contribution is 6.04. The summed E-state index contributed by atoms with van der Waals surface area (Å²) in [5.74, 6) is 2.42. The fourth-order valence-electron chi connectivity index (χ4n) is 3.89. The molecular formula is C25H22N4O. The first-order chi connectivity index (χ1) is 14.7. The summed E-state index contributed by atoms with van der Waals surface area (Å²) in [5.41, 5.74) is 3.12. The van der Waals surface area contributed by atoms with Crippen molar-refractivity contribution in [3.05, 3.63) is 71.9 Å². The lowest BCUT2D eigenvalue weighted by Gasteiger charge is -2.36. The average molecular weight is 394 g/mol. The second kappa shape index (κ2) is 8.59. The maximum absolute atomic E-state index is 13.0. The molecule has 0 bridgehead atoms. The lowest BCUT2D eigenvalue weighted by Crippen LogP contribution is -2.49. The molecule has 1 saturated heterocycles. The molecule has 4 rings (SSSR count). The van der Waals surface area contributed by atoms with Crippen LogP contribution in [0.25, 0.3) is 17.0 Å². The molecule has 0 N–H and O–H groups in total. The van der Waals surface area contributed by atoms with E-state index in [0.29, 0.717) is 19.6 Å². The normalized spacial score (nSPS) is 14.4. The fraction of sp³-hybridized carbons (Fsp3) is 0.200. The van der Waals surface area contributed by atoms with Gasteiger partial charge in [-0.25, -0.2) is 0 Å². The van der Waals surface area contributed by atoms with E-state index in [9.17, 15) is 10.1 Å². The molecule has 30 heavy (non-hydrogen) atoms. The van der Waals surface area contributed by atoms with Gasteiger partial charge in [0.2, 0.25) is 0 Å². The van der Waals surface area contributed by atoms with Crippen LogP contribution in [0, 0.1) is 23.7 Å². The van der Waals surface area contributed by atoms with Gasteiger partial charge in [0, 0.05) is 54.5 Å². The smallest absolute Gasteiger partial charge is 0.264 e. The Balaban J connectivity index is 1.54. The first-order valence-corrected chi connectivity index (χ1v) is 9.93. The molecular weight excluding hydrogens is 372 g/mol. The van der Waals surface area contributed by atoms with Gasteiger partial charge in [-0.2, -0.15) is 5.26 Å². The minimum atomic E-state index is -0.223. The molecule has 0 atom stereocenters. The number of nitriles is 1. The highest BCUT2D eigenvalue weighted by Crippen LogP contribution is 2.24. The van der Waals surface area contributed by atoms with Gasteiger partial charge in [-0.3, -0.25) is 4.79 Å². The van der Waals surface area contributed by atoms with Crippen LogP contribution in [0.1, 0.15) is 5.56 Å². The number of aromatic nitrogens is 1. The van der Waals surface area contributed by atoms with Crippen molar-refractivity contribution in [2.24, 2.45) is 0 Å². The number of hydrogen-bond acceptors (Lipinski definition) is 3. The van der Waals surface area contributed by atoms with Crippen LogP contribution in [0.3, 0.4) is 0 Å². The molecule has 2 heterocycles. The zero-order chi connectivity index (χ0) is 20.9. The molecule has 1 aliphatic rings. The van der Waals surface area contributed by atoms with Crippen LogP contribution in [0.4, 0.5) is 5.69 Å². The number of fused-ring (bicyclic) bond motifs is 1. The number of rotatable bonds is 4. The number of terminal acetylenes is 1. The number of hydrogen-bond donors (Lipinski definition) is 0. The van der Waals surface area contributed by atoms with Crippen molar-refractivity contribution in [2.75, 3.05) is 31.1 Å². The standard InChI is InChI=1S/C25H22N4O/c1-2-12-29-19-21(23-10-6-7-11-24(23)29)17-20(18-26)25(30)28-15-13-27(14-16-28)22-8-4-3-5-9-22/h1,3-11,17,19H,12-16H2. The van der Waals surface area contributed by atoms with Gasteiger partial charge in [0.15, 0.2) is 0 Å². The van der Waals surface area contributed by atoms with Crippen LogP contribution in [0.15, 0.2) is 66.4 Å². The maximum Gasteiger partial charge on any atom is 0.264 e. The van der Waals surface area contributed by atoms with Crippen LogP contribution in [0.2, 0.25) is 0 Å². The predicted molar refractivity (Wildman–Crippen MR) is 120 cm³/mol. The van der Waals surface area contributed by atoms with Crippen LogP contribution < -0.4 is 4.90 Å². The van der Waals surface area contributed by atoms with Crippen molar-refractivity contribution in [1.29, 1.82) is 5.26 Å². The van der Waals surface area contributed by atoms with Gasteiger partial charge < -0.3 is 14.4 Å². The molecule has 5 nitrogen and oxygen atoms in total. The van der Waals surface area contributed by atoms with Gasteiger partial charge >= 0.3 is 0 Å². The third-order valence-electron chi connectivity index (χ3n) is 5.42.